The third-order valence-electron chi connectivity index (χ3n) is 3.62. The first-order chi connectivity index (χ1) is 11.7. The van der Waals surface area contributed by atoms with Gasteiger partial charge in [-0.05, 0) is 55.5 Å². The molecule has 2 aromatic rings. The van der Waals surface area contributed by atoms with Crippen molar-refractivity contribution in [2.45, 2.75) is 32.6 Å². The largest absolute Gasteiger partial charge is 0.508 e. The van der Waals surface area contributed by atoms with Crippen LogP contribution in [0.3, 0.4) is 0 Å². The minimum atomic E-state index is -0.137. The standard InChI is InChI=1S/C20H23NO3/c1-2-24-20(23)12-5-3-4-11-19(17-9-7-13-21-15-17)16-8-6-10-18(22)14-16/h6-11,13-15,22H,2-5,12H2,1H3/b19-11+. The number of phenolic OH excluding ortho intramolecular Hbond substituents is 1. The van der Waals surface area contributed by atoms with E-state index in [1.54, 1.807) is 18.3 Å². The number of aromatic hydroxyl groups is 1. The summed E-state index contributed by atoms with van der Waals surface area (Å²) in [5, 5.41) is 9.74. The number of phenols is 1. The van der Waals surface area contributed by atoms with Crippen molar-refractivity contribution in [1.29, 1.82) is 0 Å². The maximum Gasteiger partial charge on any atom is 0.305 e. The number of allylic oxidation sites excluding steroid dienone is 1. The van der Waals surface area contributed by atoms with Gasteiger partial charge in [0.15, 0.2) is 0 Å². The van der Waals surface area contributed by atoms with Gasteiger partial charge in [-0.1, -0.05) is 24.3 Å². The van der Waals surface area contributed by atoms with Crippen LogP contribution in [-0.4, -0.2) is 22.7 Å². The van der Waals surface area contributed by atoms with Crippen molar-refractivity contribution in [2.75, 3.05) is 6.61 Å². The molecule has 0 fully saturated rings. The number of hydrogen-bond acceptors (Lipinski definition) is 4. The number of pyridine rings is 1. The number of hydrogen-bond donors (Lipinski definition) is 1. The van der Waals surface area contributed by atoms with Gasteiger partial charge in [-0.3, -0.25) is 9.78 Å². The molecule has 0 saturated heterocycles. The molecule has 4 nitrogen and oxygen atoms in total. The van der Waals surface area contributed by atoms with E-state index in [2.05, 4.69) is 11.1 Å². The molecule has 0 atom stereocenters. The summed E-state index contributed by atoms with van der Waals surface area (Å²) in [5.41, 5.74) is 3.00. The highest BCUT2D eigenvalue weighted by atomic mass is 16.5. The fraction of sp³-hybridized carbons (Fsp3) is 0.300. The Morgan fingerprint density at radius 2 is 2.04 bits per heavy atom. The van der Waals surface area contributed by atoms with Crippen LogP contribution in [0.15, 0.2) is 54.9 Å². The molecule has 0 aliphatic carbocycles. The van der Waals surface area contributed by atoms with E-state index >= 15 is 0 Å². The van der Waals surface area contributed by atoms with Crippen molar-refractivity contribution in [2.24, 2.45) is 0 Å². The van der Waals surface area contributed by atoms with Gasteiger partial charge in [-0.15, -0.1) is 0 Å². The van der Waals surface area contributed by atoms with E-state index in [4.69, 9.17) is 4.74 Å². The van der Waals surface area contributed by atoms with Crippen molar-refractivity contribution < 1.29 is 14.6 Å². The molecule has 24 heavy (non-hydrogen) atoms. The summed E-state index contributed by atoms with van der Waals surface area (Å²) >= 11 is 0. The Morgan fingerprint density at radius 3 is 2.75 bits per heavy atom. The van der Waals surface area contributed by atoms with Gasteiger partial charge in [0.2, 0.25) is 0 Å². The minimum Gasteiger partial charge on any atom is -0.508 e. The third kappa shape index (κ3) is 5.54. The highest BCUT2D eigenvalue weighted by molar-refractivity contribution is 5.79. The van der Waals surface area contributed by atoms with Gasteiger partial charge >= 0.3 is 5.97 Å². The second-order valence-corrected chi connectivity index (χ2v) is 5.46. The molecule has 4 heteroatoms. The highest BCUT2D eigenvalue weighted by Gasteiger charge is 2.06. The molecule has 126 valence electrons. The first-order valence-electron chi connectivity index (χ1n) is 8.26. The maximum absolute atomic E-state index is 11.3. The van der Waals surface area contributed by atoms with Crippen molar-refractivity contribution in [1.82, 2.24) is 4.98 Å². The number of esters is 1. The van der Waals surface area contributed by atoms with E-state index in [1.807, 2.05) is 37.4 Å². The summed E-state index contributed by atoms with van der Waals surface area (Å²) < 4.78 is 4.93. The Balaban J connectivity index is 2.05. The number of aromatic nitrogens is 1. The summed E-state index contributed by atoms with van der Waals surface area (Å²) in [6.45, 7) is 2.25. The summed E-state index contributed by atoms with van der Waals surface area (Å²) in [5.74, 6) is 0.103. The Kier molecular flexibility index (Phi) is 7.02. The molecular formula is C20H23NO3. The van der Waals surface area contributed by atoms with Crippen LogP contribution in [0.1, 0.15) is 43.7 Å². The second kappa shape index (κ2) is 9.50. The Hall–Kier alpha value is -2.62. The molecule has 0 spiro atoms. The van der Waals surface area contributed by atoms with Crippen LogP contribution >= 0.6 is 0 Å². The molecule has 0 saturated carbocycles. The SMILES string of the molecule is CCOC(=O)CCCC/C=C(/c1cccnc1)c1cccc(O)c1. The average Bonchev–Trinajstić information content (AvgIpc) is 2.59. The van der Waals surface area contributed by atoms with E-state index < -0.39 is 0 Å². The first-order valence-corrected chi connectivity index (χ1v) is 8.26. The molecule has 1 heterocycles. The number of rotatable bonds is 8. The number of ether oxygens (including phenoxy) is 1. The van der Waals surface area contributed by atoms with Crippen molar-refractivity contribution in [3.05, 3.63) is 66.0 Å². The monoisotopic (exact) mass is 325 g/mol. The molecule has 1 aromatic heterocycles. The Bertz CT molecular complexity index is 680. The normalized spacial score (nSPS) is 11.3. The molecule has 0 bridgehead atoms. The number of nitrogens with zero attached hydrogens (tertiary/aromatic N) is 1. The van der Waals surface area contributed by atoms with E-state index in [0.717, 1.165) is 36.0 Å². The molecule has 0 aliphatic heterocycles. The Labute approximate surface area is 142 Å². The zero-order valence-electron chi connectivity index (χ0n) is 13.9. The molecule has 1 aromatic carbocycles. The van der Waals surface area contributed by atoms with Gasteiger partial charge in [-0.2, -0.15) is 0 Å². The molecule has 0 radical (unpaired) electrons. The van der Waals surface area contributed by atoms with Gasteiger partial charge in [-0.25, -0.2) is 0 Å². The number of carbonyl (C=O) groups excluding carboxylic acids is 1. The van der Waals surface area contributed by atoms with Crippen LogP contribution in [0, 0.1) is 0 Å². The van der Waals surface area contributed by atoms with Crippen molar-refractivity contribution in [3.63, 3.8) is 0 Å². The first kappa shape index (κ1) is 17.7. The number of benzene rings is 1. The quantitative estimate of drug-likeness (QED) is 0.579. The van der Waals surface area contributed by atoms with Crippen LogP contribution in [0.2, 0.25) is 0 Å². The zero-order chi connectivity index (χ0) is 17.2. The number of carbonyl (C=O) groups is 1. The van der Waals surface area contributed by atoms with Crippen LogP contribution in [0.4, 0.5) is 0 Å². The molecule has 0 unspecified atom stereocenters. The Morgan fingerprint density at radius 1 is 1.21 bits per heavy atom. The van der Waals surface area contributed by atoms with Crippen LogP contribution in [-0.2, 0) is 9.53 Å². The van der Waals surface area contributed by atoms with E-state index in [1.165, 1.54) is 0 Å². The van der Waals surface area contributed by atoms with E-state index in [9.17, 15) is 9.90 Å². The predicted octanol–water partition coefficient (Wildman–Crippen LogP) is 4.34. The van der Waals surface area contributed by atoms with E-state index in [0.29, 0.717) is 13.0 Å². The molecule has 0 aliphatic rings. The van der Waals surface area contributed by atoms with Gasteiger partial charge < -0.3 is 9.84 Å². The fourth-order valence-electron chi connectivity index (χ4n) is 2.49. The minimum absolute atomic E-state index is 0.137. The highest BCUT2D eigenvalue weighted by Crippen LogP contribution is 2.26. The van der Waals surface area contributed by atoms with Gasteiger partial charge in [0.25, 0.3) is 0 Å². The topological polar surface area (TPSA) is 59.4 Å². The summed E-state index contributed by atoms with van der Waals surface area (Å²) in [6.07, 6.45) is 8.70. The van der Waals surface area contributed by atoms with Gasteiger partial charge in [0.05, 0.1) is 6.61 Å². The zero-order valence-corrected chi connectivity index (χ0v) is 13.9. The summed E-state index contributed by atoms with van der Waals surface area (Å²) in [4.78, 5) is 15.5. The van der Waals surface area contributed by atoms with Gasteiger partial charge in [0.1, 0.15) is 5.75 Å². The van der Waals surface area contributed by atoms with Gasteiger partial charge in [0, 0.05) is 24.4 Å². The fourth-order valence-corrected chi connectivity index (χ4v) is 2.49. The average molecular weight is 325 g/mol. The lowest BCUT2D eigenvalue weighted by Gasteiger charge is -2.09. The third-order valence-corrected chi connectivity index (χ3v) is 3.62. The molecule has 2 rings (SSSR count). The van der Waals surface area contributed by atoms with Crippen molar-refractivity contribution >= 4 is 11.5 Å². The van der Waals surface area contributed by atoms with E-state index in [-0.39, 0.29) is 11.7 Å². The van der Waals surface area contributed by atoms with Crippen LogP contribution < -0.4 is 0 Å². The molecule has 1 N–H and O–H groups in total. The van der Waals surface area contributed by atoms with Crippen LogP contribution in [0.5, 0.6) is 5.75 Å². The lowest BCUT2D eigenvalue weighted by molar-refractivity contribution is -0.143. The molecule has 0 amide bonds. The smallest absolute Gasteiger partial charge is 0.305 e. The lowest BCUT2D eigenvalue weighted by atomic mass is 9.97. The predicted molar refractivity (Wildman–Crippen MR) is 94.5 cm³/mol. The summed E-state index contributed by atoms with van der Waals surface area (Å²) in [7, 11) is 0. The molecular weight excluding hydrogens is 302 g/mol. The van der Waals surface area contributed by atoms with Crippen molar-refractivity contribution in [3.8, 4) is 5.75 Å². The second-order valence-electron chi connectivity index (χ2n) is 5.46. The maximum atomic E-state index is 11.3. The number of unbranched alkanes of at least 4 members (excludes halogenated alkanes) is 2. The lowest BCUT2D eigenvalue weighted by Crippen LogP contribution is -2.02. The summed E-state index contributed by atoms with van der Waals surface area (Å²) in [6, 6.07) is 11.1. The van der Waals surface area contributed by atoms with Crippen LogP contribution in [0.25, 0.3) is 5.57 Å².